The summed E-state index contributed by atoms with van der Waals surface area (Å²) in [6.07, 6.45) is -0.308. The molecule has 0 unspecified atom stereocenters. The number of carboxylic acids is 1. The minimum Gasteiger partial charge on any atom is -0.496 e. The van der Waals surface area contributed by atoms with Gasteiger partial charge in [-0.2, -0.15) is 13.2 Å². The number of benzene rings is 2. The molecule has 0 spiro atoms. The molecule has 0 bridgehead atoms. The van der Waals surface area contributed by atoms with Crippen LogP contribution in [0.2, 0.25) is 0 Å². The van der Waals surface area contributed by atoms with E-state index in [0.717, 1.165) is 31.4 Å². The highest BCUT2D eigenvalue weighted by Crippen LogP contribution is 2.51. The fourth-order valence-electron chi connectivity index (χ4n) is 6.84. The summed E-state index contributed by atoms with van der Waals surface area (Å²) < 4.78 is 51.9. The molecule has 2 aromatic rings. The van der Waals surface area contributed by atoms with Crippen LogP contribution in [0.1, 0.15) is 75.6 Å². The smallest absolute Gasteiger partial charge is 0.416 e. The first-order valence-corrected chi connectivity index (χ1v) is 14.4. The number of nitrogens with zero attached hydrogens (tertiary/aromatic N) is 1. The monoisotopic (exact) mass is 590 g/mol. The average molecular weight is 591 g/mol. The van der Waals surface area contributed by atoms with Crippen molar-refractivity contribution in [2.24, 2.45) is 17.3 Å². The number of amides is 1. The predicted molar refractivity (Wildman–Crippen MR) is 152 cm³/mol. The van der Waals surface area contributed by atoms with E-state index in [1.807, 2.05) is 32.9 Å². The second-order valence-electron chi connectivity index (χ2n) is 12.4. The van der Waals surface area contributed by atoms with Gasteiger partial charge in [0.25, 0.3) is 0 Å². The first-order chi connectivity index (χ1) is 19.8. The average Bonchev–Trinajstić information content (AvgIpc) is 3.31. The van der Waals surface area contributed by atoms with Gasteiger partial charge in [-0.15, -0.1) is 0 Å². The number of alkyl halides is 3. The van der Waals surface area contributed by atoms with E-state index >= 15 is 0 Å². The van der Waals surface area contributed by atoms with Gasteiger partial charge in [-0.3, -0.25) is 4.79 Å². The van der Waals surface area contributed by atoms with E-state index in [0.29, 0.717) is 24.2 Å². The van der Waals surface area contributed by atoms with E-state index in [1.54, 1.807) is 12.1 Å². The number of hydrogen-bond acceptors (Lipinski definition) is 5. The van der Waals surface area contributed by atoms with E-state index in [9.17, 15) is 27.9 Å². The molecule has 2 aliphatic rings. The minimum atomic E-state index is -4.54. The summed E-state index contributed by atoms with van der Waals surface area (Å²) in [5, 5.41) is 14.1. The number of para-hydroxylation sites is 1. The van der Waals surface area contributed by atoms with Gasteiger partial charge in [0.2, 0.25) is 5.91 Å². The number of hydrogen-bond donors (Lipinski definition) is 2. The zero-order valence-corrected chi connectivity index (χ0v) is 24.8. The predicted octanol–water partition coefficient (Wildman–Crippen LogP) is 6.46. The lowest BCUT2D eigenvalue weighted by Gasteiger charge is -2.36. The lowest BCUT2D eigenvalue weighted by Crippen LogP contribution is -2.49. The van der Waals surface area contributed by atoms with E-state index in [2.05, 4.69) is 5.32 Å². The number of likely N-dealkylation sites (tertiary alicyclic amines) is 1. The zero-order chi connectivity index (χ0) is 30.8. The molecule has 4 rings (SSSR count). The molecule has 1 saturated carbocycles. The molecule has 1 heterocycles. The number of carbonyl (C=O) groups excluding carboxylic acids is 1. The first kappa shape index (κ1) is 31.7. The van der Waals surface area contributed by atoms with Crippen LogP contribution in [0.15, 0.2) is 42.5 Å². The highest BCUT2D eigenvalue weighted by Gasteiger charge is 2.59. The van der Waals surface area contributed by atoms with Gasteiger partial charge in [0, 0.05) is 35.5 Å². The second kappa shape index (κ2) is 12.5. The first-order valence-electron chi connectivity index (χ1n) is 14.4. The fraction of sp³-hybridized carbons (Fsp3) is 0.562. The molecule has 1 aliphatic carbocycles. The minimum absolute atomic E-state index is 0.0339. The van der Waals surface area contributed by atoms with Gasteiger partial charge in [0.1, 0.15) is 17.5 Å². The van der Waals surface area contributed by atoms with Crippen molar-refractivity contribution in [3.63, 3.8) is 0 Å². The highest BCUT2D eigenvalue weighted by molar-refractivity contribution is 5.87. The Bertz CT molecular complexity index is 1270. The molecule has 1 saturated heterocycles. The van der Waals surface area contributed by atoms with Crippen molar-refractivity contribution in [3.8, 4) is 11.5 Å². The van der Waals surface area contributed by atoms with Crippen molar-refractivity contribution in [1.29, 1.82) is 0 Å². The number of halogens is 3. The topological polar surface area (TPSA) is 88.1 Å². The molecule has 2 fully saturated rings. The molecule has 2 aromatic carbocycles. The normalized spacial score (nSPS) is 23.6. The van der Waals surface area contributed by atoms with E-state index in [4.69, 9.17) is 9.47 Å². The van der Waals surface area contributed by atoms with Gasteiger partial charge in [0.15, 0.2) is 0 Å². The lowest BCUT2D eigenvalue weighted by atomic mass is 9.72. The summed E-state index contributed by atoms with van der Waals surface area (Å²) in [5.41, 5.74) is -0.475. The van der Waals surface area contributed by atoms with Crippen LogP contribution in [0.25, 0.3) is 0 Å². The Morgan fingerprint density at radius 3 is 2.19 bits per heavy atom. The van der Waals surface area contributed by atoms with Crippen molar-refractivity contribution in [2.75, 3.05) is 14.2 Å². The van der Waals surface area contributed by atoms with Gasteiger partial charge >= 0.3 is 12.1 Å². The fourth-order valence-corrected chi connectivity index (χ4v) is 6.84. The Morgan fingerprint density at radius 1 is 0.976 bits per heavy atom. The molecule has 0 radical (unpaired) electrons. The summed E-state index contributed by atoms with van der Waals surface area (Å²) in [6, 6.07) is 7.99. The molecule has 10 heteroatoms. The number of nitrogens with one attached hydrogen (secondary N) is 1. The third-order valence-corrected chi connectivity index (χ3v) is 8.72. The molecular weight excluding hydrogens is 549 g/mol. The molecular formula is C32H41F3N2O5. The van der Waals surface area contributed by atoms with Crippen LogP contribution in [0.5, 0.6) is 11.5 Å². The molecule has 0 aromatic heterocycles. The van der Waals surface area contributed by atoms with Crippen LogP contribution in [-0.2, 0) is 22.3 Å². The summed E-state index contributed by atoms with van der Waals surface area (Å²) in [7, 11) is 2.91. The van der Waals surface area contributed by atoms with Crippen LogP contribution < -0.4 is 14.8 Å². The zero-order valence-electron chi connectivity index (χ0n) is 24.8. The number of ether oxygens (including phenoxy) is 2. The maximum Gasteiger partial charge on any atom is 0.416 e. The van der Waals surface area contributed by atoms with Gasteiger partial charge in [0.05, 0.1) is 25.8 Å². The van der Waals surface area contributed by atoms with Gasteiger partial charge < -0.3 is 24.8 Å². The summed E-state index contributed by atoms with van der Waals surface area (Å²) >= 11 is 0. The summed E-state index contributed by atoms with van der Waals surface area (Å²) in [5.74, 6) is -1.41. The molecule has 7 nitrogen and oxygen atoms in total. The molecule has 1 aliphatic heterocycles. The van der Waals surface area contributed by atoms with Gasteiger partial charge in [-0.1, -0.05) is 58.2 Å². The van der Waals surface area contributed by atoms with E-state index in [-0.39, 0.29) is 29.7 Å². The molecule has 2 N–H and O–H groups in total. The Hall–Kier alpha value is -3.27. The number of carbonyl (C=O) groups is 2. The van der Waals surface area contributed by atoms with Crippen molar-refractivity contribution in [2.45, 2.75) is 83.7 Å². The van der Waals surface area contributed by atoms with Gasteiger partial charge in [-0.05, 0) is 42.5 Å². The number of rotatable bonds is 8. The Balaban J connectivity index is 1.86. The van der Waals surface area contributed by atoms with Crippen molar-refractivity contribution < 1.29 is 37.3 Å². The largest absolute Gasteiger partial charge is 0.496 e. The Labute approximate surface area is 245 Å². The van der Waals surface area contributed by atoms with Crippen molar-refractivity contribution >= 4 is 11.9 Å². The van der Waals surface area contributed by atoms with E-state index < -0.39 is 47.2 Å². The number of carboxylic acid groups (broad SMARTS) is 1. The van der Waals surface area contributed by atoms with Gasteiger partial charge in [-0.25, -0.2) is 4.79 Å². The molecule has 42 heavy (non-hydrogen) atoms. The lowest BCUT2D eigenvalue weighted by molar-refractivity contribution is -0.154. The van der Waals surface area contributed by atoms with Crippen LogP contribution in [-0.4, -0.2) is 48.2 Å². The molecule has 230 valence electrons. The van der Waals surface area contributed by atoms with Crippen LogP contribution in [0, 0.1) is 17.3 Å². The third-order valence-electron chi connectivity index (χ3n) is 8.72. The molecule has 4 atom stereocenters. The highest BCUT2D eigenvalue weighted by atomic mass is 19.4. The van der Waals surface area contributed by atoms with E-state index in [1.165, 1.54) is 25.2 Å². The van der Waals surface area contributed by atoms with Crippen molar-refractivity contribution in [3.05, 3.63) is 59.2 Å². The molecule has 1 amide bonds. The maximum absolute atomic E-state index is 14.3. The number of methoxy groups -OCH3 is 2. The Kier molecular flexibility index (Phi) is 9.45. The third kappa shape index (κ3) is 6.38. The van der Waals surface area contributed by atoms with Crippen LogP contribution in [0.3, 0.4) is 0 Å². The maximum atomic E-state index is 14.3. The summed E-state index contributed by atoms with van der Waals surface area (Å²) in [6.45, 7) is 5.76. The Morgan fingerprint density at radius 2 is 1.62 bits per heavy atom. The van der Waals surface area contributed by atoms with Crippen molar-refractivity contribution in [1.82, 2.24) is 10.2 Å². The summed E-state index contributed by atoms with van der Waals surface area (Å²) in [4.78, 5) is 28.9. The van der Waals surface area contributed by atoms with Crippen LogP contribution >= 0.6 is 0 Å². The second-order valence-corrected chi connectivity index (χ2v) is 12.4. The standard InChI is InChI=1S/C32H41F3N2O5/c1-31(2,3)25-26(36-18-20-17-21(32(33,34)35)15-16-23(20)41-4)27(22-13-9-10-14-24(22)42-5)37(28(25)30(39)40)29(38)19-11-7-6-8-12-19/h9-10,13-17,19,25-28,36H,6-8,11-12,18H2,1-5H3,(H,39,40)/t25-,26-,27-,28-/m1/s1. The quantitative estimate of drug-likeness (QED) is 0.367. The number of aliphatic carboxylic acids is 1. The van der Waals surface area contributed by atoms with Crippen LogP contribution in [0.4, 0.5) is 13.2 Å². The SMILES string of the molecule is COc1ccc(C(F)(F)F)cc1CN[C@@H]1[C@@H](C(C)(C)C)[C@H](C(=O)O)N(C(=O)C2CCCCC2)[C@@H]1c1ccccc1OC.